The third kappa shape index (κ3) is 7.39. The van der Waals surface area contributed by atoms with Crippen molar-refractivity contribution in [2.24, 2.45) is 0 Å². The fourth-order valence-corrected chi connectivity index (χ4v) is 4.41. The zero-order valence-corrected chi connectivity index (χ0v) is 23.3. The van der Waals surface area contributed by atoms with Gasteiger partial charge in [0, 0.05) is 35.6 Å². The van der Waals surface area contributed by atoms with Gasteiger partial charge < -0.3 is 21.3 Å². The summed E-state index contributed by atoms with van der Waals surface area (Å²) >= 11 is 23.6. The Bertz CT molecular complexity index is 1500. The van der Waals surface area contributed by atoms with Gasteiger partial charge in [-0.1, -0.05) is 35.3 Å². The normalized spacial score (nSPS) is 10.3. The molecular weight excluding hydrogens is 595 g/mol. The minimum absolute atomic E-state index is 0.0198. The summed E-state index contributed by atoms with van der Waals surface area (Å²) < 4.78 is 0. The van der Waals surface area contributed by atoms with Crippen LogP contribution in [0.1, 0.15) is 0 Å². The van der Waals surface area contributed by atoms with Crippen LogP contribution in [0, 0.1) is 20.2 Å². The summed E-state index contributed by atoms with van der Waals surface area (Å²) in [5.41, 5.74) is 3.88. The van der Waals surface area contributed by atoms with E-state index in [2.05, 4.69) is 21.3 Å². The molecule has 4 aromatic rings. The first-order valence-corrected chi connectivity index (χ1v) is 12.9. The zero-order valence-electron chi connectivity index (χ0n) is 20.2. The Kier molecular flexibility index (Phi) is 9.07. The Hall–Kier alpha value is -4.36. The Morgan fingerprint density at radius 3 is 1.23 bits per heavy atom. The minimum Gasteiger partial charge on any atom is -0.332 e. The maximum Gasteiger partial charge on any atom is 0.269 e. The molecule has 10 nitrogen and oxygen atoms in total. The van der Waals surface area contributed by atoms with Crippen LogP contribution in [0.15, 0.2) is 84.9 Å². The van der Waals surface area contributed by atoms with Gasteiger partial charge in [0.15, 0.2) is 10.2 Å². The molecule has 0 aliphatic heterocycles. The van der Waals surface area contributed by atoms with E-state index in [0.29, 0.717) is 32.8 Å². The first kappa shape index (κ1) is 28.6. The van der Waals surface area contributed by atoms with Crippen LogP contribution in [-0.4, -0.2) is 20.1 Å². The van der Waals surface area contributed by atoms with Crippen LogP contribution in [0.3, 0.4) is 0 Å². The monoisotopic (exact) mass is 612 g/mol. The molecule has 0 fully saturated rings. The second-order valence-electron chi connectivity index (χ2n) is 8.16. The van der Waals surface area contributed by atoms with E-state index in [-0.39, 0.29) is 21.6 Å². The standard InChI is InChI=1S/C26H18Cl2N6O4S2/c27-21-13-15(1-11-23(21)31-25(39)29-17-3-7-19(8-4-17)33(35)36)16-2-12-24(22(28)14-16)32-26(40)30-18-5-9-20(10-6-18)34(37)38/h1-14H,(H2,29,31,39)(H2,30,32,40). The highest BCUT2D eigenvalue weighted by Crippen LogP contribution is 2.33. The van der Waals surface area contributed by atoms with Crippen molar-refractivity contribution in [3.05, 3.63) is 115 Å². The fourth-order valence-electron chi connectivity index (χ4n) is 3.49. The van der Waals surface area contributed by atoms with Crippen molar-refractivity contribution >= 4 is 92.0 Å². The van der Waals surface area contributed by atoms with Crippen LogP contribution >= 0.6 is 47.6 Å². The Labute approximate surface area is 248 Å². The number of nitrogens with one attached hydrogen (secondary N) is 4. The molecule has 0 saturated heterocycles. The van der Waals surface area contributed by atoms with Gasteiger partial charge in [-0.05, 0) is 84.1 Å². The Balaban J connectivity index is 1.38. The number of hydrogen-bond acceptors (Lipinski definition) is 6. The van der Waals surface area contributed by atoms with Gasteiger partial charge in [0.2, 0.25) is 0 Å². The maximum absolute atomic E-state index is 10.8. The van der Waals surface area contributed by atoms with Crippen molar-refractivity contribution < 1.29 is 9.85 Å². The van der Waals surface area contributed by atoms with E-state index in [9.17, 15) is 20.2 Å². The van der Waals surface area contributed by atoms with E-state index in [0.717, 1.165) is 11.1 Å². The van der Waals surface area contributed by atoms with E-state index < -0.39 is 9.85 Å². The number of halogens is 2. The molecule has 0 aliphatic rings. The summed E-state index contributed by atoms with van der Waals surface area (Å²) in [6, 6.07) is 22.5. The second kappa shape index (κ2) is 12.7. The highest BCUT2D eigenvalue weighted by molar-refractivity contribution is 7.81. The molecule has 0 radical (unpaired) electrons. The van der Waals surface area contributed by atoms with E-state index in [4.69, 9.17) is 47.6 Å². The van der Waals surface area contributed by atoms with Crippen LogP contribution < -0.4 is 21.3 Å². The molecule has 202 valence electrons. The smallest absolute Gasteiger partial charge is 0.269 e. The number of hydrogen-bond donors (Lipinski definition) is 4. The summed E-state index contributed by atoms with van der Waals surface area (Å²) in [6.45, 7) is 0. The summed E-state index contributed by atoms with van der Waals surface area (Å²) in [7, 11) is 0. The number of nitro groups is 2. The summed E-state index contributed by atoms with van der Waals surface area (Å²) in [4.78, 5) is 20.7. The number of nitrogens with zero attached hydrogens (tertiary/aromatic N) is 2. The molecule has 4 rings (SSSR count). The highest BCUT2D eigenvalue weighted by atomic mass is 35.5. The van der Waals surface area contributed by atoms with Crippen molar-refractivity contribution in [2.75, 3.05) is 21.3 Å². The van der Waals surface area contributed by atoms with Crippen molar-refractivity contribution in [1.29, 1.82) is 0 Å². The molecule has 0 saturated carbocycles. The van der Waals surface area contributed by atoms with E-state index in [1.54, 1.807) is 48.5 Å². The number of benzene rings is 4. The largest absolute Gasteiger partial charge is 0.332 e. The second-order valence-corrected chi connectivity index (χ2v) is 9.79. The average molecular weight is 614 g/mol. The van der Waals surface area contributed by atoms with Crippen LogP contribution in [0.4, 0.5) is 34.1 Å². The van der Waals surface area contributed by atoms with Crippen LogP contribution in [-0.2, 0) is 0 Å². The average Bonchev–Trinajstić information content (AvgIpc) is 2.91. The van der Waals surface area contributed by atoms with Crippen molar-refractivity contribution in [1.82, 2.24) is 0 Å². The number of nitro benzene ring substituents is 2. The summed E-state index contributed by atoms with van der Waals surface area (Å²) in [6.07, 6.45) is 0. The van der Waals surface area contributed by atoms with Crippen LogP contribution in [0.25, 0.3) is 11.1 Å². The van der Waals surface area contributed by atoms with Crippen molar-refractivity contribution in [2.45, 2.75) is 0 Å². The molecule has 0 bridgehead atoms. The first-order chi connectivity index (χ1) is 19.1. The lowest BCUT2D eigenvalue weighted by Crippen LogP contribution is -2.19. The van der Waals surface area contributed by atoms with Gasteiger partial charge in [-0.25, -0.2) is 0 Å². The number of non-ortho nitro benzene ring substituents is 2. The zero-order chi connectivity index (χ0) is 28.8. The van der Waals surface area contributed by atoms with Crippen LogP contribution in [0.5, 0.6) is 0 Å². The quantitative estimate of drug-likeness (QED) is 0.0920. The number of thiocarbonyl (C=S) groups is 2. The van der Waals surface area contributed by atoms with Gasteiger partial charge in [-0.3, -0.25) is 20.2 Å². The first-order valence-electron chi connectivity index (χ1n) is 11.3. The molecular formula is C26H18Cl2N6O4S2. The van der Waals surface area contributed by atoms with Gasteiger partial charge in [-0.2, -0.15) is 0 Å². The predicted molar refractivity (Wildman–Crippen MR) is 168 cm³/mol. The summed E-state index contributed by atoms with van der Waals surface area (Å²) in [5, 5.41) is 34.9. The lowest BCUT2D eigenvalue weighted by atomic mass is 10.0. The molecule has 0 aliphatic carbocycles. The lowest BCUT2D eigenvalue weighted by molar-refractivity contribution is -0.385. The van der Waals surface area contributed by atoms with E-state index in [1.807, 2.05) is 12.1 Å². The fraction of sp³-hybridized carbons (Fsp3) is 0. The SMILES string of the molecule is O=[N+]([O-])c1ccc(NC(=S)Nc2ccc(-c3ccc(NC(=S)Nc4ccc([N+](=O)[O-])cc4)c(Cl)c3)cc2Cl)cc1. The van der Waals surface area contributed by atoms with Crippen LogP contribution in [0.2, 0.25) is 10.0 Å². The topological polar surface area (TPSA) is 134 Å². The third-order valence-electron chi connectivity index (χ3n) is 5.44. The molecule has 0 amide bonds. The molecule has 0 unspecified atom stereocenters. The van der Waals surface area contributed by atoms with E-state index >= 15 is 0 Å². The molecule has 4 N–H and O–H groups in total. The molecule has 0 heterocycles. The number of rotatable bonds is 7. The molecule has 4 aromatic carbocycles. The third-order valence-corrected chi connectivity index (χ3v) is 6.47. The minimum atomic E-state index is -0.477. The molecule has 0 atom stereocenters. The predicted octanol–water partition coefficient (Wildman–Crippen LogP) is 8.09. The van der Waals surface area contributed by atoms with E-state index in [1.165, 1.54) is 24.3 Å². The van der Waals surface area contributed by atoms with Gasteiger partial charge >= 0.3 is 0 Å². The van der Waals surface area contributed by atoms with Gasteiger partial charge in [0.05, 0.1) is 31.3 Å². The molecule has 40 heavy (non-hydrogen) atoms. The van der Waals surface area contributed by atoms with Gasteiger partial charge in [0.1, 0.15) is 0 Å². The number of anilines is 4. The van der Waals surface area contributed by atoms with Gasteiger partial charge in [-0.15, -0.1) is 0 Å². The highest BCUT2D eigenvalue weighted by Gasteiger charge is 2.11. The van der Waals surface area contributed by atoms with Crippen molar-refractivity contribution in [3.63, 3.8) is 0 Å². The molecule has 0 aromatic heterocycles. The molecule has 0 spiro atoms. The Morgan fingerprint density at radius 1 is 0.575 bits per heavy atom. The Morgan fingerprint density at radius 2 is 0.925 bits per heavy atom. The molecule has 14 heteroatoms. The van der Waals surface area contributed by atoms with Gasteiger partial charge in [0.25, 0.3) is 11.4 Å². The lowest BCUT2D eigenvalue weighted by Gasteiger charge is -2.14. The maximum atomic E-state index is 10.8. The summed E-state index contributed by atoms with van der Waals surface area (Å²) in [5.74, 6) is 0. The van der Waals surface area contributed by atoms with Crippen molar-refractivity contribution in [3.8, 4) is 11.1 Å².